The molecule has 0 aromatic heterocycles. The summed E-state index contributed by atoms with van der Waals surface area (Å²) >= 11 is 0. The van der Waals surface area contributed by atoms with Gasteiger partial charge in [-0.05, 0) is 25.2 Å². The predicted octanol–water partition coefficient (Wildman–Crippen LogP) is 1.76. The van der Waals surface area contributed by atoms with Gasteiger partial charge in [0.2, 0.25) is 0 Å². The third-order valence-corrected chi connectivity index (χ3v) is 3.50. The first-order valence-electron chi connectivity index (χ1n) is 5.25. The van der Waals surface area contributed by atoms with Crippen LogP contribution in [-0.2, 0) is 9.47 Å². The van der Waals surface area contributed by atoms with Gasteiger partial charge in [-0.2, -0.15) is 0 Å². The van der Waals surface area contributed by atoms with Crippen LogP contribution < -0.4 is 0 Å². The molecule has 1 saturated carbocycles. The Bertz CT molecular complexity index is 232. The van der Waals surface area contributed by atoms with Crippen molar-refractivity contribution < 1.29 is 9.47 Å². The number of allylic oxidation sites excluding steroid dienone is 1. The molecule has 0 N–H and O–H groups in total. The summed E-state index contributed by atoms with van der Waals surface area (Å²) in [5, 5.41) is 0. The van der Waals surface area contributed by atoms with Crippen LogP contribution in [0.2, 0.25) is 0 Å². The Morgan fingerprint density at radius 2 is 2.46 bits per heavy atom. The molecule has 2 aliphatic carbocycles. The number of ether oxygens (including phenoxy) is 2. The molecule has 1 aliphatic heterocycles. The molecule has 0 aromatic carbocycles. The zero-order valence-corrected chi connectivity index (χ0v) is 7.87. The summed E-state index contributed by atoms with van der Waals surface area (Å²) in [5.74, 6) is 0.862. The lowest BCUT2D eigenvalue weighted by atomic mass is 9.89. The molecule has 0 aromatic rings. The molecule has 0 radical (unpaired) electrons. The highest BCUT2D eigenvalue weighted by molar-refractivity contribution is 5.15. The third-order valence-electron chi connectivity index (χ3n) is 3.50. The fourth-order valence-corrected chi connectivity index (χ4v) is 2.59. The van der Waals surface area contributed by atoms with E-state index in [0.29, 0.717) is 11.5 Å². The lowest BCUT2D eigenvalue weighted by molar-refractivity contribution is 0.0615. The number of hydrogen-bond acceptors (Lipinski definition) is 2. The molecule has 1 heterocycles. The summed E-state index contributed by atoms with van der Waals surface area (Å²) in [6.45, 7) is 2.63. The van der Waals surface area contributed by atoms with Gasteiger partial charge < -0.3 is 9.47 Å². The number of rotatable bonds is 4. The van der Waals surface area contributed by atoms with Gasteiger partial charge in [-0.25, -0.2) is 0 Å². The maximum absolute atomic E-state index is 5.69. The summed E-state index contributed by atoms with van der Waals surface area (Å²) < 4.78 is 10.8. The number of epoxide rings is 1. The smallest absolute Gasteiger partial charge is 0.104 e. The molecule has 0 spiro atoms. The van der Waals surface area contributed by atoms with E-state index in [1.54, 1.807) is 0 Å². The lowest BCUT2D eigenvalue weighted by Crippen LogP contribution is -2.21. The van der Waals surface area contributed by atoms with Crippen LogP contribution >= 0.6 is 0 Å². The van der Waals surface area contributed by atoms with Crippen molar-refractivity contribution in [2.75, 3.05) is 19.8 Å². The molecular formula is C11H16O2. The van der Waals surface area contributed by atoms with Crippen molar-refractivity contribution in [2.45, 2.75) is 25.4 Å². The Morgan fingerprint density at radius 1 is 1.54 bits per heavy atom. The van der Waals surface area contributed by atoms with Crippen LogP contribution in [0, 0.1) is 11.3 Å². The van der Waals surface area contributed by atoms with E-state index in [4.69, 9.17) is 9.47 Å². The molecule has 0 amide bonds. The van der Waals surface area contributed by atoms with E-state index in [9.17, 15) is 0 Å². The average molecular weight is 180 g/mol. The summed E-state index contributed by atoms with van der Waals surface area (Å²) in [7, 11) is 0. The van der Waals surface area contributed by atoms with Gasteiger partial charge in [-0.15, -0.1) is 0 Å². The van der Waals surface area contributed by atoms with Crippen molar-refractivity contribution in [3.63, 3.8) is 0 Å². The van der Waals surface area contributed by atoms with Gasteiger partial charge in [-0.3, -0.25) is 0 Å². The molecule has 3 aliphatic rings. The molecule has 3 atom stereocenters. The normalized spacial score (nSPS) is 45.8. The van der Waals surface area contributed by atoms with Crippen LogP contribution in [0.4, 0.5) is 0 Å². The topological polar surface area (TPSA) is 21.8 Å². The quantitative estimate of drug-likeness (QED) is 0.485. The lowest BCUT2D eigenvalue weighted by Gasteiger charge is -2.22. The highest BCUT2D eigenvalue weighted by atomic mass is 16.6. The van der Waals surface area contributed by atoms with Gasteiger partial charge in [0.05, 0.1) is 19.8 Å². The maximum Gasteiger partial charge on any atom is 0.104 e. The summed E-state index contributed by atoms with van der Waals surface area (Å²) in [6, 6.07) is 0. The Kier molecular flexibility index (Phi) is 1.74. The van der Waals surface area contributed by atoms with Crippen molar-refractivity contribution in [1.29, 1.82) is 0 Å². The highest BCUT2D eigenvalue weighted by Gasteiger charge is 2.41. The van der Waals surface area contributed by atoms with E-state index >= 15 is 0 Å². The summed E-state index contributed by atoms with van der Waals surface area (Å²) in [5.41, 5.74) is 0.416. The van der Waals surface area contributed by atoms with E-state index in [1.165, 1.54) is 19.3 Å². The summed E-state index contributed by atoms with van der Waals surface area (Å²) in [6.07, 6.45) is 9.21. The van der Waals surface area contributed by atoms with Gasteiger partial charge in [0.15, 0.2) is 0 Å². The largest absolute Gasteiger partial charge is 0.378 e. The van der Waals surface area contributed by atoms with Gasteiger partial charge in [-0.1, -0.05) is 12.2 Å². The average Bonchev–Trinajstić information content (AvgIpc) is 2.77. The zero-order chi connectivity index (χ0) is 8.73. The minimum Gasteiger partial charge on any atom is -0.378 e. The first-order chi connectivity index (χ1) is 6.36. The third kappa shape index (κ3) is 1.53. The Balaban J connectivity index is 1.50. The van der Waals surface area contributed by atoms with Crippen LogP contribution in [0.15, 0.2) is 12.2 Å². The minimum atomic E-state index is 0.416. The van der Waals surface area contributed by atoms with Gasteiger partial charge in [0.25, 0.3) is 0 Å². The minimum absolute atomic E-state index is 0.416. The van der Waals surface area contributed by atoms with Crippen LogP contribution in [-0.4, -0.2) is 25.9 Å². The van der Waals surface area contributed by atoms with Gasteiger partial charge in [0.1, 0.15) is 6.10 Å². The van der Waals surface area contributed by atoms with Crippen molar-refractivity contribution in [2.24, 2.45) is 11.3 Å². The monoisotopic (exact) mass is 180 g/mol. The standard InChI is InChI=1S/C11H16O2/c1-3-11(4-2-9(1)5-11)8-12-6-10-7-13-10/h1,3,9-10H,2,4-8H2. The first-order valence-corrected chi connectivity index (χ1v) is 5.25. The number of hydrogen-bond donors (Lipinski definition) is 0. The maximum atomic E-state index is 5.69. The molecule has 3 rings (SSSR count). The SMILES string of the molecule is C1=CC2(COCC3CO3)CCC1C2. The molecule has 2 heteroatoms. The van der Waals surface area contributed by atoms with Gasteiger partial charge >= 0.3 is 0 Å². The fraction of sp³-hybridized carbons (Fsp3) is 0.818. The summed E-state index contributed by atoms with van der Waals surface area (Å²) in [4.78, 5) is 0. The molecule has 3 unspecified atom stereocenters. The first kappa shape index (κ1) is 8.01. The van der Waals surface area contributed by atoms with Crippen LogP contribution in [0.5, 0.6) is 0 Å². The van der Waals surface area contributed by atoms with Crippen LogP contribution in [0.3, 0.4) is 0 Å². The van der Waals surface area contributed by atoms with E-state index in [-0.39, 0.29) is 0 Å². The van der Waals surface area contributed by atoms with Crippen LogP contribution in [0.1, 0.15) is 19.3 Å². The second-order valence-electron chi connectivity index (χ2n) is 4.69. The molecule has 1 saturated heterocycles. The predicted molar refractivity (Wildman–Crippen MR) is 49.5 cm³/mol. The molecule has 2 bridgehead atoms. The van der Waals surface area contributed by atoms with Crippen molar-refractivity contribution in [3.05, 3.63) is 12.2 Å². The van der Waals surface area contributed by atoms with Crippen LogP contribution in [0.25, 0.3) is 0 Å². The van der Waals surface area contributed by atoms with Gasteiger partial charge in [0, 0.05) is 5.41 Å². The van der Waals surface area contributed by atoms with Crippen molar-refractivity contribution >= 4 is 0 Å². The van der Waals surface area contributed by atoms with Crippen molar-refractivity contribution in [3.8, 4) is 0 Å². The molecule has 2 nitrogen and oxygen atoms in total. The molecule has 13 heavy (non-hydrogen) atoms. The highest BCUT2D eigenvalue weighted by Crippen LogP contribution is 2.49. The Hall–Kier alpha value is -0.340. The molecular weight excluding hydrogens is 164 g/mol. The Labute approximate surface area is 78.9 Å². The second kappa shape index (κ2) is 2.82. The zero-order valence-electron chi connectivity index (χ0n) is 7.87. The van der Waals surface area contributed by atoms with E-state index in [2.05, 4.69) is 12.2 Å². The van der Waals surface area contributed by atoms with E-state index in [1.807, 2.05) is 0 Å². The Morgan fingerprint density at radius 3 is 3.00 bits per heavy atom. The number of fused-ring (bicyclic) bond motifs is 2. The molecule has 2 fully saturated rings. The molecule has 72 valence electrons. The second-order valence-corrected chi connectivity index (χ2v) is 4.69. The van der Waals surface area contributed by atoms with E-state index < -0.39 is 0 Å². The van der Waals surface area contributed by atoms with E-state index in [0.717, 1.165) is 25.7 Å². The fourth-order valence-electron chi connectivity index (χ4n) is 2.59. The van der Waals surface area contributed by atoms with Crippen molar-refractivity contribution in [1.82, 2.24) is 0 Å².